The molecule has 164 valence electrons. The van der Waals surface area contributed by atoms with E-state index >= 15 is 0 Å². The molecule has 0 saturated heterocycles. The van der Waals surface area contributed by atoms with Crippen LogP contribution in [0, 0.1) is 0 Å². The summed E-state index contributed by atoms with van der Waals surface area (Å²) in [5, 5.41) is 0. The quantitative estimate of drug-likeness (QED) is 0.542. The second-order valence-electron chi connectivity index (χ2n) is 8.59. The van der Waals surface area contributed by atoms with Crippen LogP contribution in [0.1, 0.15) is 69.4 Å². The number of hydrogen-bond donors (Lipinski definition) is 0. The summed E-state index contributed by atoms with van der Waals surface area (Å²) >= 11 is 0. The van der Waals surface area contributed by atoms with E-state index in [-0.39, 0.29) is 28.9 Å². The normalized spacial score (nSPS) is 13.0. The summed E-state index contributed by atoms with van der Waals surface area (Å²) in [5.74, 6) is 0.122. The van der Waals surface area contributed by atoms with Gasteiger partial charge in [-0.3, -0.25) is 4.79 Å². The Labute approximate surface area is 181 Å². The maximum Gasteiger partial charge on any atom is 0.308 e. The molecule has 0 heterocycles. The van der Waals surface area contributed by atoms with Crippen molar-refractivity contribution in [2.75, 3.05) is 5.75 Å². The molecule has 6 heteroatoms. The molecule has 0 spiro atoms. The van der Waals surface area contributed by atoms with Gasteiger partial charge in [0.2, 0.25) is 0 Å². The molecule has 1 amide bonds. The zero-order valence-electron chi connectivity index (χ0n) is 18.8. The molecule has 0 aromatic heterocycles. The van der Waals surface area contributed by atoms with Gasteiger partial charge in [0.1, 0.15) is 5.75 Å². The number of rotatable bonds is 8. The first-order valence-electron chi connectivity index (χ1n) is 10.4. The van der Waals surface area contributed by atoms with Gasteiger partial charge in [0, 0.05) is 18.2 Å². The summed E-state index contributed by atoms with van der Waals surface area (Å²) in [5.41, 5.74) is 2.66. The zero-order valence-corrected chi connectivity index (χ0v) is 19.6. The molecule has 0 unspecified atom stereocenters. The van der Waals surface area contributed by atoms with E-state index in [0.717, 1.165) is 12.0 Å². The monoisotopic (exact) mass is 431 g/mol. The largest absolute Gasteiger partial charge is 0.382 e. The second kappa shape index (κ2) is 9.65. The number of amides is 1. The molecule has 0 bridgehead atoms. The van der Waals surface area contributed by atoms with E-state index in [0.29, 0.717) is 12.1 Å². The Morgan fingerprint density at radius 3 is 2.23 bits per heavy atom. The first-order valence-corrected chi connectivity index (χ1v) is 12.0. The van der Waals surface area contributed by atoms with Crippen LogP contribution in [0.5, 0.6) is 5.75 Å². The predicted molar refractivity (Wildman–Crippen MR) is 121 cm³/mol. The van der Waals surface area contributed by atoms with Crippen molar-refractivity contribution in [3.63, 3.8) is 0 Å². The van der Waals surface area contributed by atoms with Crippen LogP contribution in [-0.2, 0) is 22.1 Å². The average Bonchev–Trinajstić information content (AvgIpc) is 2.70. The molecule has 0 fully saturated rings. The third kappa shape index (κ3) is 6.33. The standard InChI is InChI=1S/C24H33NO4S/c1-7-18(3)25(23(26)20-12-14-21(15-13-20)24(4,5)6)17-19-10-9-11-22(16-19)29-30(27,28)8-2/h9-16,18H,7-8,17H2,1-6H3/t18-/m1/s1. The average molecular weight is 432 g/mol. The summed E-state index contributed by atoms with van der Waals surface area (Å²) in [6, 6.07) is 14.7. The molecule has 0 aliphatic heterocycles. The number of benzene rings is 2. The van der Waals surface area contributed by atoms with Gasteiger partial charge in [0.05, 0.1) is 5.75 Å². The third-order valence-corrected chi connectivity index (χ3v) is 6.36. The van der Waals surface area contributed by atoms with E-state index in [4.69, 9.17) is 4.18 Å². The van der Waals surface area contributed by atoms with Crippen molar-refractivity contribution in [2.24, 2.45) is 0 Å². The minimum atomic E-state index is -3.59. The predicted octanol–water partition coefficient (Wildman–Crippen LogP) is 5.15. The van der Waals surface area contributed by atoms with Crippen molar-refractivity contribution < 1.29 is 17.4 Å². The highest BCUT2D eigenvalue weighted by Crippen LogP contribution is 2.24. The van der Waals surface area contributed by atoms with Gasteiger partial charge in [-0.15, -0.1) is 0 Å². The Bertz CT molecular complexity index is 959. The maximum atomic E-state index is 13.3. The number of hydrogen-bond acceptors (Lipinski definition) is 4. The van der Waals surface area contributed by atoms with Gasteiger partial charge < -0.3 is 9.08 Å². The summed E-state index contributed by atoms with van der Waals surface area (Å²) in [7, 11) is -3.59. The molecule has 2 aromatic carbocycles. The van der Waals surface area contributed by atoms with E-state index in [2.05, 4.69) is 20.8 Å². The molecule has 0 N–H and O–H groups in total. The minimum Gasteiger partial charge on any atom is -0.382 e. The molecule has 0 radical (unpaired) electrons. The lowest BCUT2D eigenvalue weighted by molar-refractivity contribution is 0.0671. The Morgan fingerprint density at radius 2 is 1.70 bits per heavy atom. The molecule has 0 saturated carbocycles. The van der Waals surface area contributed by atoms with Crippen LogP contribution in [0.2, 0.25) is 0 Å². The van der Waals surface area contributed by atoms with Gasteiger partial charge in [-0.25, -0.2) is 0 Å². The fourth-order valence-electron chi connectivity index (χ4n) is 3.02. The van der Waals surface area contributed by atoms with Crippen molar-refractivity contribution in [1.82, 2.24) is 4.90 Å². The Kier molecular flexibility index (Phi) is 7.70. The molecule has 1 atom stereocenters. The van der Waals surface area contributed by atoms with E-state index in [1.165, 1.54) is 12.5 Å². The first kappa shape index (κ1) is 23.9. The molecule has 30 heavy (non-hydrogen) atoms. The number of carbonyl (C=O) groups excluding carboxylic acids is 1. The SMILES string of the molecule is CC[C@@H](C)N(Cc1cccc(OS(=O)(=O)CC)c1)C(=O)c1ccc(C(C)(C)C)cc1. The topological polar surface area (TPSA) is 63.7 Å². The molecule has 0 aliphatic rings. The highest BCUT2D eigenvalue weighted by atomic mass is 32.2. The fraction of sp³-hybridized carbons (Fsp3) is 0.458. The van der Waals surface area contributed by atoms with Crippen molar-refractivity contribution in [1.29, 1.82) is 0 Å². The molecule has 2 rings (SSSR count). The van der Waals surface area contributed by atoms with E-state index in [1.807, 2.05) is 49.1 Å². The summed E-state index contributed by atoms with van der Waals surface area (Å²) in [4.78, 5) is 15.1. The van der Waals surface area contributed by atoms with E-state index < -0.39 is 10.1 Å². The van der Waals surface area contributed by atoms with Crippen LogP contribution in [0.15, 0.2) is 48.5 Å². The lowest BCUT2D eigenvalue weighted by Crippen LogP contribution is -2.37. The highest BCUT2D eigenvalue weighted by molar-refractivity contribution is 7.87. The Balaban J connectivity index is 2.27. The van der Waals surface area contributed by atoms with Crippen LogP contribution in [0.25, 0.3) is 0 Å². The van der Waals surface area contributed by atoms with Gasteiger partial charge >= 0.3 is 10.1 Å². The highest BCUT2D eigenvalue weighted by Gasteiger charge is 2.22. The van der Waals surface area contributed by atoms with Gasteiger partial charge in [-0.2, -0.15) is 8.42 Å². The van der Waals surface area contributed by atoms with Gasteiger partial charge in [-0.1, -0.05) is 52.0 Å². The van der Waals surface area contributed by atoms with Crippen LogP contribution < -0.4 is 4.18 Å². The molecule has 0 aliphatic carbocycles. The van der Waals surface area contributed by atoms with Crippen molar-refractivity contribution in [3.05, 3.63) is 65.2 Å². The van der Waals surface area contributed by atoms with Gasteiger partial charge in [-0.05, 0) is 61.1 Å². The molecular weight excluding hydrogens is 398 g/mol. The molecule has 2 aromatic rings. The lowest BCUT2D eigenvalue weighted by atomic mass is 9.86. The third-order valence-electron chi connectivity index (χ3n) is 5.21. The Hall–Kier alpha value is -2.34. The summed E-state index contributed by atoms with van der Waals surface area (Å²) in [6.45, 7) is 12.4. The summed E-state index contributed by atoms with van der Waals surface area (Å²) < 4.78 is 28.6. The van der Waals surface area contributed by atoms with Gasteiger partial charge in [0.15, 0.2) is 0 Å². The van der Waals surface area contributed by atoms with Crippen LogP contribution in [0.3, 0.4) is 0 Å². The van der Waals surface area contributed by atoms with E-state index in [1.54, 1.807) is 18.2 Å². The van der Waals surface area contributed by atoms with Gasteiger partial charge in [0.25, 0.3) is 5.91 Å². The minimum absolute atomic E-state index is 0.0250. The summed E-state index contributed by atoms with van der Waals surface area (Å²) in [6.07, 6.45) is 0.812. The molecule has 5 nitrogen and oxygen atoms in total. The second-order valence-corrected chi connectivity index (χ2v) is 10.5. The van der Waals surface area contributed by atoms with Crippen molar-refractivity contribution in [2.45, 2.75) is 66.0 Å². The van der Waals surface area contributed by atoms with Crippen molar-refractivity contribution in [3.8, 4) is 5.75 Å². The van der Waals surface area contributed by atoms with Crippen LogP contribution >= 0.6 is 0 Å². The van der Waals surface area contributed by atoms with Crippen LogP contribution in [0.4, 0.5) is 0 Å². The fourth-order valence-corrected chi connectivity index (χ4v) is 3.54. The number of carbonyl (C=O) groups is 1. The molecular formula is C24H33NO4S. The lowest BCUT2D eigenvalue weighted by Gasteiger charge is -2.29. The first-order chi connectivity index (χ1) is 14.0. The zero-order chi connectivity index (χ0) is 22.5. The number of nitrogens with zero attached hydrogens (tertiary/aromatic N) is 1. The maximum absolute atomic E-state index is 13.3. The Morgan fingerprint density at radius 1 is 1.07 bits per heavy atom. The van der Waals surface area contributed by atoms with Crippen LogP contribution in [-0.4, -0.2) is 31.0 Å². The van der Waals surface area contributed by atoms with Crippen molar-refractivity contribution >= 4 is 16.0 Å². The van der Waals surface area contributed by atoms with E-state index in [9.17, 15) is 13.2 Å². The smallest absolute Gasteiger partial charge is 0.308 e.